The van der Waals surface area contributed by atoms with Gasteiger partial charge in [0.05, 0.1) is 26.4 Å². The molecule has 14 nitrogen and oxygen atoms in total. The van der Waals surface area contributed by atoms with E-state index < -0.39 is 80.7 Å². The van der Waals surface area contributed by atoms with Crippen molar-refractivity contribution in [3.63, 3.8) is 0 Å². The summed E-state index contributed by atoms with van der Waals surface area (Å²) < 4.78 is 34.2. The molecule has 0 aromatic rings. The first kappa shape index (κ1) is 55.9. The lowest BCUT2D eigenvalue weighted by molar-refractivity contribution is -0.332. The number of carbonyl (C=O) groups excluding carboxylic acids is 1. The molecule has 11 atom stereocenters. The summed E-state index contributed by atoms with van der Waals surface area (Å²) in [5, 5.41) is 72.0. The SMILES string of the molecule is CCCCCCC/C=C\CCCCCCCC(=O)OC(COCCCCCCCCCCCCCCC)COC1OC(COC2OC(CO)C(O)C(O)C2O)C(O)C(O)C1O. The van der Waals surface area contributed by atoms with Gasteiger partial charge in [0.25, 0.3) is 0 Å². The van der Waals surface area contributed by atoms with Gasteiger partial charge in [0.15, 0.2) is 12.6 Å². The van der Waals surface area contributed by atoms with Gasteiger partial charge in [0.2, 0.25) is 0 Å². The van der Waals surface area contributed by atoms with Crippen molar-refractivity contribution in [2.24, 2.45) is 0 Å². The summed E-state index contributed by atoms with van der Waals surface area (Å²) in [6.07, 6.45) is 18.4. The molecule has 61 heavy (non-hydrogen) atoms. The molecule has 0 saturated carbocycles. The van der Waals surface area contributed by atoms with Crippen LogP contribution >= 0.6 is 0 Å². The number of hydrogen-bond donors (Lipinski definition) is 7. The van der Waals surface area contributed by atoms with E-state index in [1.165, 1.54) is 96.3 Å². The summed E-state index contributed by atoms with van der Waals surface area (Å²) >= 11 is 0. The average Bonchev–Trinajstić information content (AvgIpc) is 3.25. The van der Waals surface area contributed by atoms with E-state index in [0.717, 1.165) is 57.8 Å². The molecular formula is C47H88O14. The van der Waals surface area contributed by atoms with Crippen molar-refractivity contribution in [3.8, 4) is 0 Å². The summed E-state index contributed by atoms with van der Waals surface area (Å²) in [6.45, 7) is 3.68. The lowest BCUT2D eigenvalue weighted by Crippen LogP contribution is -2.61. The first-order valence-electron chi connectivity index (χ1n) is 24.3. The summed E-state index contributed by atoms with van der Waals surface area (Å²) in [5.41, 5.74) is 0. The summed E-state index contributed by atoms with van der Waals surface area (Å²) in [5.74, 6) is -0.383. The van der Waals surface area contributed by atoms with E-state index >= 15 is 0 Å². The van der Waals surface area contributed by atoms with E-state index in [2.05, 4.69) is 26.0 Å². The first-order valence-corrected chi connectivity index (χ1v) is 24.3. The third-order valence-corrected chi connectivity index (χ3v) is 11.8. The van der Waals surface area contributed by atoms with Crippen LogP contribution in [-0.4, -0.2) is 142 Å². The molecule has 0 amide bonds. The summed E-state index contributed by atoms with van der Waals surface area (Å²) in [7, 11) is 0. The van der Waals surface area contributed by atoms with Crippen molar-refractivity contribution in [2.45, 2.75) is 248 Å². The van der Waals surface area contributed by atoms with Gasteiger partial charge in [-0.3, -0.25) is 4.79 Å². The number of hydrogen-bond acceptors (Lipinski definition) is 14. The number of allylic oxidation sites excluding steroid dienone is 2. The van der Waals surface area contributed by atoms with Crippen molar-refractivity contribution < 1.29 is 69.0 Å². The molecule has 2 rings (SSSR count). The molecule has 0 bridgehead atoms. The highest BCUT2D eigenvalue weighted by Gasteiger charge is 2.47. The Morgan fingerprint density at radius 3 is 1.49 bits per heavy atom. The van der Waals surface area contributed by atoms with Crippen LogP contribution in [0.15, 0.2) is 12.2 Å². The Labute approximate surface area is 367 Å². The zero-order chi connectivity index (χ0) is 44.5. The van der Waals surface area contributed by atoms with Crippen LogP contribution in [0.1, 0.15) is 181 Å². The topological polar surface area (TPSA) is 214 Å². The van der Waals surface area contributed by atoms with Crippen molar-refractivity contribution in [1.82, 2.24) is 0 Å². The van der Waals surface area contributed by atoms with Gasteiger partial charge >= 0.3 is 5.97 Å². The molecular weight excluding hydrogens is 789 g/mol. The number of rotatable bonds is 38. The highest BCUT2D eigenvalue weighted by molar-refractivity contribution is 5.69. The lowest BCUT2D eigenvalue weighted by Gasteiger charge is -2.42. The minimum absolute atomic E-state index is 0.0634. The predicted molar refractivity (Wildman–Crippen MR) is 234 cm³/mol. The standard InChI is InChI=1S/C47H88O14/c1-3-5-7-9-11-13-15-17-18-20-22-24-26-28-30-39(49)59-36(33-56-31-29-27-25-23-21-19-16-14-12-10-8-6-4-2)34-57-46-45(55)43(53)41(51)38(61-46)35-58-47-44(54)42(52)40(50)37(32-48)60-47/h15,17,36-38,40-48,50-55H,3-14,16,18-35H2,1-2H3/b17-15-. The quantitative estimate of drug-likeness (QED) is 0.0206. The smallest absolute Gasteiger partial charge is 0.306 e. The molecule has 2 aliphatic rings. The second-order valence-electron chi connectivity index (χ2n) is 17.3. The Hall–Kier alpha value is -1.27. The van der Waals surface area contributed by atoms with Crippen LogP contribution in [0.2, 0.25) is 0 Å². The molecule has 0 radical (unpaired) electrons. The van der Waals surface area contributed by atoms with Gasteiger partial charge in [-0.25, -0.2) is 0 Å². The molecule has 2 heterocycles. The Morgan fingerprint density at radius 2 is 0.967 bits per heavy atom. The number of carbonyl (C=O) groups is 1. The largest absolute Gasteiger partial charge is 0.457 e. The molecule has 11 unspecified atom stereocenters. The molecule has 0 aliphatic carbocycles. The van der Waals surface area contributed by atoms with E-state index in [1.54, 1.807) is 0 Å². The molecule has 2 fully saturated rings. The van der Waals surface area contributed by atoms with Gasteiger partial charge < -0.3 is 64.2 Å². The molecule has 2 aliphatic heterocycles. The van der Waals surface area contributed by atoms with Crippen LogP contribution in [0.25, 0.3) is 0 Å². The van der Waals surface area contributed by atoms with Gasteiger partial charge in [-0.05, 0) is 38.5 Å². The zero-order valence-electron chi connectivity index (χ0n) is 37.9. The van der Waals surface area contributed by atoms with Crippen LogP contribution in [0.3, 0.4) is 0 Å². The maximum absolute atomic E-state index is 13.0. The Balaban J connectivity index is 1.80. The fourth-order valence-electron chi connectivity index (χ4n) is 7.75. The highest BCUT2D eigenvalue weighted by Crippen LogP contribution is 2.26. The van der Waals surface area contributed by atoms with Gasteiger partial charge in [-0.15, -0.1) is 0 Å². The van der Waals surface area contributed by atoms with E-state index in [1.807, 2.05) is 0 Å². The number of unbranched alkanes of at least 4 members (excludes halogenated alkanes) is 22. The van der Waals surface area contributed by atoms with Crippen LogP contribution in [0.4, 0.5) is 0 Å². The Kier molecular flexibility index (Phi) is 33.0. The second kappa shape index (κ2) is 36.0. The first-order chi connectivity index (χ1) is 29.6. The summed E-state index contributed by atoms with van der Waals surface area (Å²) in [6, 6.07) is 0. The normalized spacial score (nSPS) is 27.5. The molecule has 0 aromatic carbocycles. The van der Waals surface area contributed by atoms with Gasteiger partial charge in [-0.1, -0.05) is 148 Å². The summed E-state index contributed by atoms with van der Waals surface area (Å²) in [4.78, 5) is 13.0. The molecule has 7 N–H and O–H groups in total. The van der Waals surface area contributed by atoms with Gasteiger partial charge in [0.1, 0.15) is 54.9 Å². The van der Waals surface area contributed by atoms with Gasteiger partial charge in [0, 0.05) is 13.0 Å². The van der Waals surface area contributed by atoms with Crippen molar-refractivity contribution in [2.75, 3.05) is 33.0 Å². The molecule has 0 aromatic heterocycles. The molecule has 2 saturated heterocycles. The van der Waals surface area contributed by atoms with E-state index in [0.29, 0.717) is 13.0 Å². The maximum atomic E-state index is 13.0. The van der Waals surface area contributed by atoms with Crippen LogP contribution < -0.4 is 0 Å². The molecule has 360 valence electrons. The Bertz CT molecular complexity index is 1060. The molecule has 0 spiro atoms. The Morgan fingerprint density at radius 1 is 0.525 bits per heavy atom. The van der Waals surface area contributed by atoms with Gasteiger partial charge in [-0.2, -0.15) is 0 Å². The fraction of sp³-hybridized carbons (Fsp3) is 0.936. The minimum Gasteiger partial charge on any atom is -0.457 e. The van der Waals surface area contributed by atoms with Crippen molar-refractivity contribution in [3.05, 3.63) is 12.2 Å². The number of aliphatic hydroxyl groups excluding tert-OH is 7. The number of esters is 1. The second-order valence-corrected chi connectivity index (χ2v) is 17.3. The maximum Gasteiger partial charge on any atom is 0.306 e. The van der Waals surface area contributed by atoms with E-state index in [4.69, 9.17) is 28.4 Å². The van der Waals surface area contributed by atoms with Crippen molar-refractivity contribution >= 4 is 5.97 Å². The monoisotopic (exact) mass is 877 g/mol. The fourth-order valence-corrected chi connectivity index (χ4v) is 7.75. The molecule has 14 heteroatoms. The van der Waals surface area contributed by atoms with E-state index in [-0.39, 0.29) is 25.6 Å². The van der Waals surface area contributed by atoms with E-state index in [9.17, 15) is 40.5 Å². The minimum atomic E-state index is -1.70. The lowest BCUT2D eigenvalue weighted by atomic mass is 9.98. The third-order valence-electron chi connectivity index (χ3n) is 11.8. The average molecular weight is 877 g/mol. The number of aliphatic hydroxyl groups is 7. The predicted octanol–water partition coefficient (Wildman–Crippen LogP) is 6.29. The number of ether oxygens (including phenoxy) is 6. The van der Waals surface area contributed by atoms with Crippen LogP contribution in [-0.2, 0) is 33.2 Å². The zero-order valence-corrected chi connectivity index (χ0v) is 37.9. The van der Waals surface area contributed by atoms with Crippen molar-refractivity contribution in [1.29, 1.82) is 0 Å². The van der Waals surface area contributed by atoms with Crippen LogP contribution in [0.5, 0.6) is 0 Å². The highest BCUT2D eigenvalue weighted by atomic mass is 16.7. The third kappa shape index (κ3) is 24.6. The van der Waals surface area contributed by atoms with Crippen LogP contribution in [0, 0.1) is 0 Å².